The molecule has 1 aromatic carbocycles. The van der Waals surface area contributed by atoms with Crippen molar-refractivity contribution in [1.29, 1.82) is 0 Å². The molecule has 0 spiro atoms. The van der Waals surface area contributed by atoms with Crippen molar-refractivity contribution < 1.29 is 9.13 Å². The first-order valence-corrected chi connectivity index (χ1v) is 4.59. The molecule has 66 valence electrons. The lowest BCUT2D eigenvalue weighted by Crippen LogP contribution is -1.93. The summed E-state index contributed by atoms with van der Waals surface area (Å²) in [5, 5.41) is 0.0710. The average Bonchev–Trinajstić information content (AvgIpc) is 2.01. The first kappa shape index (κ1) is 9.81. The molecule has 0 N–H and O–H groups in total. The Morgan fingerprint density at radius 2 is 2.25 bits per heavy atom. The minimum absolute atomic E-state index is 0.0710. The molecule has 0 aromatic heterocycles. The lowest BCUT2D eigenvalue weighted by atomic mass is 10.3. The molecule has 0 saturated heterocycles. The van der Waals surface area contributed by atoms with Crippen LogP contribution in [0.1, 0.15) is 6.92 Å². The SMILES string of the molecule is CCOc1cc(Cl)c(F)cc1Br. The van der Waals surface area contributed by atoms with E-state index < -0.39 is 5.82 Å². The Balaban J connectivity index is 3.05. The summed E-state index contributed by atoms with van der Waals surface area (Å²) in [6, 6.07) is 2.73. The fourth-order valence-electron chi connectivity index (χ4n) is 0.770. The van der Waals surface area contributed by atoms with Crippen LogP contribution in [0.5, 0.6) is 5.75 Å². The summed E-state index contributed by atoms with van der Waals surface area (Å²) < 4.78 is 18.5. The maximum atomic E-state index is 12.8. The van der Waals surface area contributed by atoms with Gasteiger partial charge in [0.1, 0.15) is 11.6 Å². The molecule has 0 aliphatic heterocycles. The van der Waals surface area contributed by atoms with Crippen LogP contribution in [-0.2, 0) is 0 Å². The van der Waals surface area contributed by atoms with E-state index in [0.29, 0.717) is 16.8 Å². The van der Waals surface area contributed by atoms with Gasteiger partial charge in [-0.2, -0.15) is 0 Å². The molecule has 1 rings (SSSR count). The van der Waals surface area contributed by atoms with Gasteiger partial charge >= 0.3 is 0 Å². The zero-order valence-corrected chi connectivity index (χ0v) is 8.75. The highest BCUT2D eigenvalue weighted by Gasteiger charge is 2.06. The van der Waals surface area contributed by atoms with E-state index in [-0.39, 0.29) is 5.02 Å². The van der Waals surface area contributed by atoms with E-state index in [1.54, 1.807) is 0 Å². The Labute approximate surface area is 83.6 Å². The van der Waals surface area contributed by atoms with Gasteiger partial charge in [-0.15, -0.1) is 0 Å². The van der Waals surface area contributed by atoms with Crippen LogP contribution in [0, 0.1) is 5.82 Å². The van der Waals surface area contributed by atoms with Crippen molar-refractivity contribution in [3.63, 3.8) is 0 Å². The highest BCUT2D eigenvalue weighted by molar-refractivity contribution is 9.10. The first-order valence-electron chi connectivity index (χ1n) is 3.42. The van der Waals surface area contributed by atoms with Gasteiger partial charge in [0.05, 0.1) is 16.1 Å². The van der Waals surface area contributed by atoms with E-state index in [2.05, 4.69) is 15.9 Å². The average molecular weight is 253 g/mol. The normalized spacial score (nSPS) is 10.0. The number of ether oxygens (including phenoxy) is 1. The molecular formula is C8H7BrClFO. The third-order valence-corrected chi connectivity index (χ3v) is 2.18. The van der Waals surface area contributed by atoms with Crippen molar-refractivity contribution in [2.45, 2.75) is 6.92 Å². The summed E-state index contributed by atoms with van der Waals surface area (Å²) >= 11 is 8.70. The van der Waals surface area contributed by atoms with E-state index in [1.165, 1.54) is 12.1 Å². The molecule has 0 atom stereocenters. The van der Waals surface area contributed by atoms with E-state index in [0.717, 1.165) is 0 Å². The van der Waals surface area contributed by atoms with Gasteiger partial charge in [-0.25, -0.2) is 4.39 Å². The van der Waals surface area contributed by atoms with E-state index in [9.17, 15) is 4.39 Å². The molecule has 0 heterocycles. The van der Waals surface area contributed by atoms with Crippen LogP contribution in [0.15, 0.2) is 16.6 Å². The third kappa shape index (κ3) is 2.11. The van der Waals surface area contributed by atoms with Crippen molar-refractivity contribution in [3.05, 3.63) is 27.4 Å². The molecule has 1 nitrogen and oxygen atoms in total. The molecule has 4 heteroatoms. The third-order valence-electron chi connectivity index (χ3n) is 1.27. The highest BCUT2D eigenvalue weighted by atomic mass is 79.9. The maximum absolute atomic E-state index is 12.8. The number of rotatable bonds is 2. The van der Waals surface area contributed by atoms with Crippen LogP contribution < -0.4 is 4.74 Å². The van der Waals surface area contributed by atoms with Crippen molar-refractivity contribution in [3.8, 4) is 5.75 Å². The smallest absolute Gasteiger partial charge is 0.143 e. The van der Waals surface area contributed by atoms with Gasteiger partial charge in [0.2, 0.25) is 0 Å². The van der Waals surface area contributed by atoms with Crippen LogP contribution in [0.4, 0.5) is 4.39 Å². The number of hydrogen-bond donors (Lipinski definition) is 0. The summed E-state index contributed by atoms with van der Waals surface area (Å²) in [5.74, 6) is 0.107. The Kier molecular flexibility index (Phi) is 3.35. The molecule has 1 aromatic rings. The van der Waals surface area contributed by atoms with Crippen molar-refractivity contribution in [1.82, 2.24) is 0 Å². The summed E-state index contributed by atoms with van der Waals surface area (Å²) in [4.78, 5) is 0. The second kappa shape index (κ2) is 4.10. The summed E-state index contributed by atoms with van der Waals surface area (Å²) in [6.07, 6.45) is 0. The largest absolute Gasteiger partial charge is 0.493 e. The molecular weight excluding hydrogens is 246 g/mol. The van der Waals surface area contributed by atoms with Crippen molar-refractivity contribution >= 4 is 27.5 Å². The number of benzene rings is 1. The van der Waals surface area contributed by atoms with Gasteiger partial charge < -0.3 is 4.74 Å². The Morgan fingerprint density at radius 1 is 1.58 bits per heavy atom. The fraction of sp³-hybridized carbons (Fsp3) is 0.250. The number of hydrogen-bond acceptors (Lipinski definition) is 1. The molecule has 0 radical (unpaired) electrons. The van der Waals surface area contributed by atoms with E-state index in [1.807, 2.05) is 6.92 Å². The molecule has 0 bridgehead atoms. The summed E-state index contributed by atoms with van der Waals surface area (Å²) in [5.41, 5.74) is 0. The Bertz CT molecular complexity index is 291. The monoisotopic (exact) mass is 252 g/mol. The predicted octanol–water partition coefficient (Wildman–Crippen LogP) is 3.64. The first-order chi connectivity index (χ1) is 5.65. The minimum atomic E-state index is -0.452. The predicted molar refractivity (Wildman–Crippen MR) is 50.3 cm³/mol. The lowest BCUT2D eigenvalue weighted by molar-refractivity contribution is 0.337. The molecule has 12 heavy (non-hydrogen) atoms. The topological polar surface area (TPSA) is 9.23 Å². The number of halogens is 3. The van der Waals surface area contributed by atoms with Crippen LogP contribution in [0.25, 0.3) is 0 Å². The van der Waals surface area contributed by atoms with Crippen molar-refractivity contribution in [2.24, 2.45) is 0 Å². The van der Waals surface area contributed by atoms with Gasteiger partial charge in [-0.05, 0) is 28.9 Å². The Morgan fingerprint density at radius 3 is 2.83 bits per heavy atom. The van der Waals surface area contributed by atoms with Crippen LogP contribution in [-0.4, -0.2) is 6.61 Å². The molecule has 0 amide bonds. The van der Waals surface area contributed by atoms with E-state index in [4.69, 9.17) is 16.3 Å². The minimum Gasteiger partial charge on any atom is -0.493 e. The molecule has 0 fully saturated rings. The molecule has 0 aliphatic carbocycles. The molecule has 0 saturated carbocycles. The fourth-order valence-corrected chi connectivity index (χ4v) is 1.35. The molecule has 0 aliphatic rings. The van der Waals surface area contributed by atoms with Gasteiger partial charge in [-0.1, -0.05) is 11.6 Å². The van der Waals surface area contributed by atoms with Crippen LogP contribution in [0.2, 0.25) is 5.02 Å². The highest BCUT2D eigenvalue weighted by Crippen LogP contribution is 2.30. The zero-order valence-electron chi connectivity index (χ0n) is 6.40. The quantitative estimate of drug-likeness (QED) is 0.731. The second-order valence-corrected chi connectivity index (χ2v) is 3.39. The zero-order chi connectivity index (χ0) is 9.14. The Hall–Kier alpha value is -0.280. The molecule has 0 unspecified atom stereocenters. The summed E-state index contributed by atoms with van der Waals surface area (Å²) in [7, 11) is 0. The summed E-state index contributed by atoms with van der Waals surface area (Å²) in [6.45, 7) is 2.38. The van der Waals surface area contributed by atoms with Crippen LogP contribution in [0.3, 0.4) is 0 Å². The maximum Gasteiger partial charge on any atom is 0.143 e. The van der Waals surface area contributed by atoms with Crippen molar-refractivity contribution in [2.75, 3.05) is 6.61 Å². The van der Waals surface area contributed by atoms with Gasteiger partial charge in [0, 0.05) is 6.07 Å². The van der Waals surface area contributed by atoms with Gasteiger partial charge in [-0.3, -0.25) is 0 Å². The second-order valence-electron chi connectivity index (χ2n) is 2.13. The van der Waals surface area contributed by atoms with Gasteiger partial charge in [0.15, 0.2) is 0 Å². The van der Waals surface area contributed by atoms with E-state index >= 15 is 0 Å². The van der Waals surface area contributed by atoms with Gasteiger partial charge in [0.25, 0.3) is 0 Å². The van der Waals surface area contributed by atoms with Crippen LogP contribution >= 0.6 is 27.5 Å². The standard InChI is InChI=1S/C8H7BrClFO/c1-2-12-8-4-6(10)7(11)3-5(8)9/h3-4H,2H2,1H3. The lowest BCUT2D eigenvalue weighted by Gasteiger charge is -2.05.